The normalized spacial score (nSPS) is 14.6. The van der Waals surface area contributed by atoms with Crippen molar-refractivity contribution in [1.82, 2.24) is 4.90 Å². The minimum absolute atomic E-state index is 0.0326. The van der Waals surface area contributed by atoms with E-state index in [0.29, 0.717) is 43.4 Å². The maximum atomic E-state index is 13.4. The van der Waals surface area contributed by atoms with Gasteiger partial charge in [-0.3, -0.25) is 4.79 Å². The van der Waals surface area contributed by atoms with E-state index in [1.165, 1.54) is 14.2 Å². The molecule has 1 heterocycles. The fourth-order valence-corrected chi connectivity index (χ4v) is 4.02. The van der Waals surface area contributed by atoms with Gasteiger partial charge in [-0.15, -0.1) is 0 Å². The lowest BCUT2D eigenvalue weighted by atomic mass is 9.90. The van der Waals surface area contributed by atoms with Crippen LogP contribution < -0.4 is 14.8 Å². The van der Waals surface area contributed by atoms with Crippen LogP contribution in [0.1, 0.15) is 47.8 Å². The molecule has 0 aliphatic carbocycles. The predicted molar refractivity (Wildman–Crippen MR) is 125 cm³/mol. The third-order valence-corrected chi connectivity index (χ3v) is 5.59. The van der Waals surface area contributed by atoms with Crippen LogP contribution in [-0.2, 0) is 20.7 Å². The topological polar surface area (TPSA) is 103 Å². The van der Waals surface area contributed by atoms with E-state index >= 15 is 0 Å². The number of carbonyl (C=O) groups is 3. The third kappa shape index (κ3) is 5.41. The first-order valence-corrected chi connectivity index (χ1v) is 11.2. The van der Waals surface area contributed by atoms with Gasteiger partial charge in [-0.25, -0.2) is 9.59 Å². The van der Waals surface area contributed by atoms with E-state index in [1.54, 1.807) is 29.2 Å². The number of fused-ring (bicyclic) bond motifs is 1. The van der Waals surface area contributed by atoms with Crippen molar-refractivity contribution in [2.24, 2.45) is 0 Å². The number of hydrogen-bond acceptors (Lipinski definition) is 7. The Morgan fingerprint density at radius 2 is 1.68 bits per heavy atom. The molecule has 3 rings (SSSR count). The molecule has 1 atom stereocenters. The fourth-order valence-electron chi connectivity index (χ4n) is 4.02. The van der Waals surface area contributed by atoms with E-state index in [-0.39, 0.29) is 12.0 Å². The highest BCUT2D eigenvalue weighted by atomic mass is 16.5. The van der Waals surface area contributed by atoms with Crippen LogP contribution in [0.2, 0.25) is 0 Å². The van der Waals surface area contributed by atoms with Crippen LogP contribution >= 0.6 is 0 Å². The van der Waals surface area contributed by atoms with E-state index in [9.17, 15) is 14.4 Å². The van der Waals surface area contributed by atoms with Crippen molar-refractivity contribution >= 4 is 23.7 Å². The summed E-state index contributed by atoms with van der Waals surface area (Å²) in [5, 5.41) is 2.80. The fraction of sp³-hybridized carbons (Fsp3) is 0.400. The standard InChI is InChI=1S/C25H30N2O7/c1-5-33-21-13-16-11-12-27(20(15-23(28)31-3)18(16)14-22(21)34-6-2)25(30)26-19-10-8-7-9-17(19)24(29)32-4/h7-10,13-14,20H,5-6,11-12,15H2,1-4H3,(H,26,30)/t20-/m0/s1. The lowest BCUT2D eigenvalue weighted by Crippen LogP contribution is -2.43. The van der Waals surface area contributed by atoms with Gasteiger partial charge < -0.3 is 29.2 Å². The Morgan fingerprint density at radius 3 is 2.32 bits per heavy atom. The molecule has 2 aromatic rings. The maximum absolute atomic E-state index is 13.4. The Bertz CT molecular complexity index is 1050. The van der Waals surface area contributed by atoms with Gasteiger partial charge in [0.25, 0.3) is 0 Å². The average Bonchev–Trinajstić information content (AvgIpc) is 2.84. The predicted octanol–water partition coefficient (Wildman–Crippen LogP) is 3.97. The van der Waals surface area contributed by atoms with E-state index in [2.05, 4.69) is 5.32 Å². The first kappa shape index (κ1) is 24.9. The van der Waals surface area contributed by atoms with Gasteiger partial charge in [-0.05, 0) is 55.7 Å². The van der Waals surface area contributed by atoms with Crippen molar-refractivity contribution in [3.8, 4) is 11.5 Å². The second-order valence-electron chi connectivity index (χ2n) is 7.57. The van der Waals surface area contributed by atoms with Crippen LogP contribution in [0.25, 0.3) is 0 Å². The molecule has 0 bridgehead atoms. The summed E-state index contributed by atoms with van der Waals surface area (Å²) < 4.78 is 21.2. The maximum Gasteiger partial charge on any atom is 0.339 e. The van der Waals surface area contributed by atoms with Crippen molar-refractivity contribution in [3.05, 3.63) is 53.1 Å². The lowest BCUT2D eigenvalue weighted by Gasteiger charge is -2.37. The zero-order valence-electron chi connectivity index (χ0n) is 19.9. The first-order chi connectivity index (χ1) is 16.4. The van der Waals surface area contributed by atoms with Crippen LogP contribution in [-0.4, -0.2) is 56.8 Å². The number of anilines is 1. The van der Waals surface area contributed by atoms with Gasteiger partial charge in [0.05, 0.1) is 51.1 Å². The summed E-state index contributed by atoms with van der Waals surface area (Å²) >= 11 is 0. The molecule has 0 fully saturated rings. The molecule has 0 spiro atoms. The van der Waals surface area contributed by atoms with Gasteiger partial charge in [-0.2, -0.15) is 0 Å². The molecule has 9 nitrogen and oxygen atoms in total. The molecule has 0 unspecified atom stereocenters. The molecule has 2 amide bonds. The van der Waals surface area contributed by atoms with E-state index in [0.717, 1.165) is 11.1 Å². The zero-order valence-corrected chi connectivity index (χ0v) is 19.9. The van der Waals surface area contributed by atoms with E-state index < -0.39 is 24.0 Å². The number of esters is 2. The SMILES string of the molecule is CCOc1cc2c(cc1OCC)[C@H](CC(=O)OC)N(C(=O)Nc1ccccc1C(=O)OC)CC2. The highest BCUT2D eigenvalue weighted by Crippen LogP contribution is 2.40. The van der Waals surface area contributed by atoms with Gasteiger partial charge in [0.2, 0.25) is 0 Å². The number of para-hydroxylation sites is 1. The minimum atomic E-state index is -0.587. The highest BCUT2D eigenvalue weighted by molar-refractivity contribution is 6.01. The molecule has 9 heteroatoms. The Balaban J connectivity index is 1.97. The minimum Gasteiger partial charge on any atom is -0.490 e. The molecular formula is C25H30N2O7. The molecule has 1 N–H and O–H groups in total. The monoisotopic (exact) mass is 470 g/mol. The summed E-state index contributed by atoms with van der Waals surface area (Å²) in [6.45, 7) is 5.06. The number of urea groups is 1. The number of ether oxygens (including phenoxy) is 4. The van der Waals surface area contributed by atoms with Crippen molar-refractivity contribution in [2.45, 2.75) is 32.7 Å². The summed E-state index contributed by atoms with van der Waals surface area (Å²) in [4.78, 5) is 39.3. The van der Waals surface area contributed by atoms with E-state index in [4.69, 9.17) is 18.9 Å². The van der Waals surface area contributed by atoms with E-state index in [1.807, 2.05) is 26.0 Å². The Hall–Kier alpha value is -3.75. The van der Waals surface area contributed by atoms with Crippen molar-refractivity contribution < 1.29 is 33.3 Å². The Kier molecular flexibility index (Phi) is 8.34. The molecule has 1 aliphatic heterocycles. The summed E-state index contributed by atoms with van der Waals surface area (Å²) in [6, 6.07) is 9.31. The molecule has 34 heavy (non-hydrogen) atoms. The number of nitrogens with one attached hydrogen (secondary N) is 1. The van der Waals surface area contributed by atoms with Gasteiger partial charge in [-0.1, -0.05) is 12.1 Å². The first-order valence-electron chi connectivity index (χ1n) is 11.2. The molecule has 182 valence electrons. The van der Waals surface area contributed by atoms with Crippen molar-refractivity contribution in [1.29, 1.82) is 0 Å². The molecule has 2 aromatic carbocycles. The zero-order chi connectivity index (χ0) is 24.7. The second-order valence-corrected chi connectivity index (χ2v) is 7.57. The summed E-state index contributed by atoms with van der Waals surface area (Å²) in [5.41, 5.74) is 2.32. The van der Waals surface area contributed by atoms with Gasteiger partial charge in [0.1, 0.15) is 0 Å². The second kappa shape index (κ2) is 11.4. The molecular weight excluding hydrogens is 440 g/mol. The summed E-state index contributed by atoms with van der Waals surface area (Å²) in [5.74, 6) is 0.175. The summed E-state index contributed by atoms with van der Waals surface area (Å²) in [7, 11) is 2.59. The van der Waals surface area contributed by atoms with Gasteiger partial charge >= 0.3 is 18.0 Å². The highest BCUT2D eigenvalue weighted by Gasteiger charge is 2.34. The number of nitrogens with zero attached hydrogens (tertiary/aromatic N) is 1. The lowest BCUT2D eigenvalue weighted by molar-refractivity contribution is -0.141. The van der Waals surface area contributed by atoms with Crippen molar-refractivity contribution in [2.75, 3.05) is 39.3 Å². The summed E-state index contributed by atoms with van der Waals surface area (Å²) in [6.07, 6.45) is 0.528. The molecule has 0 aromatic heterocycles. The average molecular weight is 471 g/mol. The van der Waals surface area contributed by atoms with Crippen LogP contribution in [0.3, 0.4) is 0 Å². The van der Waals surface area contributed by atoms with Crippen LogP contribution in [0.4, 0.5) is 10.5 Å². The number of amides is 2. The number of benzene rings is 2. The molecule has 0 radical (unpaired) electrons. The molecule has 0 saturated heterocycles. The Morgan fingerprint density at radius 1 is 1.00 bits per heavy atom. The number of hydrogen-bond donors (Lipinski definition) is 1. The number of carbonyl (C=O) groups excluding carboxylic acids is 3. The quantitative estimate of drug-likeness (QED) is 0.583. The molecule has 1 aliphatic rings. The van der Waals surface area contributed by atoms with Gasteiger partial charge in [0.15, 0.2) is 11.5 Å². The number of methoxy groups -OCH3 is 2. The smallest absolute Gasteiger partial charge is 0.339 e. The largest absolute Gasteiger partial charge is 0.490 e. The van der Waals surface area contributed by atoms with Crippen LogP contribution in [0.15, 0.2) is 36.4 Å². The van der Waals surface area contributed by atoms with Crippen molar-refractivity contribution in [3.63, 3.8) is 0 Å². The van der Waals surface area contributed by atoms with Gasteiger partial charge in [0, 0.05) is 6.54 Å². The molecule has 0 saturated carbocycles. The third-order valence-electron chi connectivity index (χ3n) is 5.59. The van der Waals surface area contributed by atoms with Crippen LogP contribution in [0, 0.1) is 0 Å². The van der Waals surface area contributed by atoms with Crippen LogP contribution in [0.5, 0.6) is 11.5 Å². The Labute approximate surface area is 198 Å². The number of rotatable bonds is 8.